The lowest BCUT2D eigenvalue weighted by Crippen LogP contribution is -2.49. The van der Waals surface area contributed by atoms with Crippen molar-refractivity contribution in [3.05, 3.63) is 47.3 Å². The van der Waals surface area contributed by atoms with Gasteiger partial charge in [-0.3, -0.25) is 4.79 Å². The smallest absolute Gasteiger partial charge is 0.253 e. The van der Waals surface area contributed by atoms with E-state index in [9.17, 15) is 4.79 Å². The highest BCUT2D eigenvalue weighted by molar-refractivity contribution is 5.94. The number of nitrogens with zero attached hydrogens (tertiary/aromatic N) is 5. The fourth-order valence-electron chi connectivity index (χ4n) is 4.01. The monoisotopic (exact) mass is 379 g/mol. The molecule has 0 spiro atoms. The number of amides is 1. The van der Waals surface area contributed by atoms with Gasteiger partial charge in [0, 0.05) is 50.9 Å². The molecule has 6 heteroatoms. The first-order valence-corrected chi connectivity index (χ1v) is 10.4. The highest BCUT2D eigenvalue weighted by Gasteiger charge is 2.24. The molecule has 2 aliphatic heterocycles. The maximum Gasteiger partial charge on any atom is 0.253 e. The second-order valence-electron chi connectivity index (χ2n) is 7.66. The number of aryl methyl sites for hydroxylation is 2. The van der Waals surface area contributed by atoms with E-state index in [4.69, 9.17) is 0 Å². The van der Waals surface area contributed by atoms with Crippen molar-refractivity contribution in [2.24, 2.45) is 0 Å². The van der Waals surface area contributed by atoms with Crippen LogP contribution in [0.5, 0.6) is 0 Å². The van der Waals surface area contributed by atoms with E-state index >= 15 is 0 Å². The number of anilines is 2. The highest BCUT2D eigenvalue weighted by Crippen LogP contribution is 2.23. The Morgan fingerprint density at radius 1 is 0.893 bits per heavy atom. The van der Waals surface area contributed by atoms with Crippen LogP contribution in [0.3, 0.4) is 0 Å². The van der Waals surface area contributed by atoms with E-state index in [1.165, 1.54) is 18.4 Å². The van der Waals surface area contributed by atoms with Crippen molar-refractivity contribution in [3.63, 3.8) is 0 Å². The van der Waals surface area contributed by atoms with Crippen molar-refractivity contribution < 1.29 is 4.79 Å². The largest absolute Gasteiger partial charge is 0.356 e. The van der Waals surface area contributed by atoms with E-state index < -0.39 is 0 Å². The summed E-state index contributed by atoms with van der Waals surface area (Å²) in [4.78, 5) is 28.7. The number of benzene rings is 1. The zero-order valence-corrected chi connectivity index (χ0v) is 16.9. The zero-order chi connectivity index (χ0) is 19.5. The van der Waals surface area contributed by atoms with Crippen molar-refractivity contribution >= 4 is 17.5 Å². The fraction of sp³-hybridized carbons (Fsp3) is 0.500. The van der Waals surface area contributed by atoms with E-state index in [1.807, 2.05) is 36.1 Å². The van der Waals surface area contributed by atoms with Crippen LogP contribution >= 0.6 is 0 Å². The zero-order valence-electron chi connectivity index (χ0n) is 16.9. The Morgan fingerprint density at radius 3 is 2.04 bits per heavy atom. The predicted molar refractivity (Wildman–Crippen MR) is 112 cm³/mol. The minimum atomic E-state index is 0.124. The fourth-order valence-corrected chi connectivity index (χ4v) is 4.01. The summed E-state index contributed by atoms with van der Waals surface area (Å²) < 4.78 is 0. The lowest BCUT2D eigenvalue weighted by molar-refractivity contribution is 0.0746. The van der Waals surface area contributed by atoms with Crippen LogP contribution in [-0.4, -0.2) is 60.0 Å². The lowest BCUT2D eigenvalue weighted by Gasteiger charge is -2.35. The highest BCUT2D eigenvalue weighted by atomic mass is 16.2. The number of hydrogen-bond donors (Lipinski definition) is 0. The molecule has 2 aromatic rings. The molecule has 0 bridgehead atoms. The Bertz CT molecular complexity index is 821. The molecule has 4 rings (SSSR count). The van der Waals surface area contributed by atoms with Gasteiger partial charge in [-0.15, -0.1) is 0 Å². The van der Waals surface area contributed by atoms with Crippen molar-refractivity contribution in [1.29, 1.82) is 0 Å². The normalized spacial score (nSPS) is 17.3. The van der Waals surface area contributed by atoms with Crippen LogP contribution in [0.1, 0.15) is 41.5 Å². The molecule has 0 unspecified atom stereocenters. The first-order valence-electron chi connectivity index (χ1n) is 10.4. The number of hydrogen-bond acceptors (Lipinski definition) is 5. The summed E-state index contributed by atoms with van der Waals surface area (Å²) in [6, 6.07) is 10.1. The average molecular weight is 380 g/mol. The molecule has 6 nitrogen and oxygen atoms in total. The minimum absolute atomic E-state index is 0.124. The Morgan fingerprint density at radius 2 is 1.46 bits per heavy atom. The number of carbonyl (C=O) groups excluding carboxylic acids is 1. The average Bonchev–Trinajstić information content (AvgIpc) is 3.28. The summed E-state index contributed by atoms with van der Waals surface area (Å²) >= 11 is 0. The summed E-state index contributed by atoms with van der Waals surface area (Å²) in [6.45, 7) is 9.28. The third-order valence-corrected chi connectivity index (χ3v) is 5.74. The van der Waals surface area contributed by atoms with Gasteiger partial charge in [-0.1, -0.05) is 19.1 Å². The van der Waals surface area contributed by atoms with Crippen LogP contribution in [0.25, 0.3) is 0 Å². The van der Waals surface area contributed by atoms with Gasteiger partial charge in [0.1, 0.15) is 17.5 Å². The summed E-state index contributed by atoms with van der Waals surface area (Å²) in [6.07, 6.45) is 3.46. The predicted octanol–water partition coefficient (Wildman–Crippen LogP) is 2.91. The first kappa shape index (κ1) is 18.7. The summed E-state index contributed by atoms with van der Waals surface area (Å²) in [7, 11) is 0. The maximum absolute atomic E-state index is 12.8. The molecule has 2 aliphatic rings. The molecule has 2 saturated heterocycles. The van der Waals surface area contributed by atoms with Gasteiger partial charge in [-0.05, 0) is 43.9 Å². The van der Waals surface area contributed by atoms with Crippen LogP contribution in [-0.2, 0) is 6.42 Å². The van der Waals surface area contributed by atoms with Crippen LogP contribution in [0.15, 0.2) is 30.3 Å². The van der Waals surface area contributed by atoms with Crippen molar-refractivity contribution in [3.8, 4) is 0 Å². The molecule has 0 saturated carbocycles. The number of rotatable bonds is 4. The van der Waals surface area contributed by atoms with Crippen molar-refractivity contribution in [2.75, 3.05) is 49.1 Å². The van der Waals surface area contributed by atoms with Crippen LogP contribution < -0.4 is 9.80 Å². The molecule has 0 atom stereocenters. The van der Waals surface area contributed by atoms with Crippen molar-refractivity contribution in [2.45, 2.75) is 33.1 Å². The third kappa shape index (κ3) is 3.96. The molecule has 28 heavy (non-hydrogen) atoms. The molecule has 148 valence electrons. The summed E-state index contributed by atoms with van der Waals surface area (Å²) in [5.41, 5.74) is 2.04. The molecule has 0 N–H and O–H groups in total. The van der Waals surface area contributed by atoms with E-state index in [-0.39, 0.29) is 5.91 Å². The van der Waals surface area contributed by atoms with E-state index in [2.05, 4.69) is 32.8 Å². The van der Waals surface area contributed by atoms with Gasteiger partial charge in [0.05, 0.1) is 0 Å². The maximum atomic E-state index is 12.8. The van der Waals surface area contributed by atoms with Gasteiger partial charge in [0.25, 0.3) is 5.91 Å². The lowest BCUT2D eigenvalue weighted by atomic mass is 10.1. The van der Waals surface area contributed by atoms with Crippen molar-refractivity contribution in [1.82, 2.24) is 14.9 Å². The molecule has 1 aromatic heterocycles. The molecule has 1 aromatic carbocycles. The summed E-state index contributed by atoms with van der Waals surface area (Å²) in [5, 5.41) is 0. The Hall–Kier alpha value is -2.63. The van der Waals surface area contributed by atoms with Gasteiger partial charge in [-0.2, -0.15) is 0 Å². The van der Waals surface area contributed by atoms with Gasteiger partial charge >= 0.3 is 0 Å². The van der Waals surface area contributed by atoms with Crippen LogP contribution in [0.2, 0.25) is 0 Å². The van der Waals surface area contributed by atoms with E-state index in [0.29, 0.717) is 0 Å². The molecule has 0 radical (unpaired) electrons. The van der Waals surface area contributed by atoms with E-state index in [0.717, 1.165) is 68.7 Å². The molecule has 2 fully saturated rings. The van der Waals surface area contributed by atoms with Crippen LogP contribution in [0, 0.1) is 6.92 Å². The molecular formula is C22H29N5O. The summed E-state index contributed by atoms with van der Waals surface area (Å²) in [5.74, 6) is 2.95. The second-order valence-corrected chi connectivity index (χ2v) is 7.66. The molecular weight excluding hydrogens is 350 g/mol. The Labute approximate surface area is 167 Å². The molecule has 3 heterocycles. The Balaban J connectivity index is 1.41. The van der Waals surface area contributed by atoms with E-state index in [1.54, 1.807) is 0 Å². The third-order valence-electron chi connectivity index (χ3n) is 5.74. The molecule has 1 amide bonds. The SMILES string of the molecule is CCc1ccc(C(=O)N2CCN(c3cc(N4CCCC4)nc(C)n3)CC2)cc1. The van der Waals surface area contributed by atoms with Gasteiger partial charge in [0.2, 0.25) is 0 Å². The van der Waals surface area contributed by atoms with Crippen LogP contribution in [0.4, 0.5) is 11.6 Å². The quantitative estimate of drug-likeness (QED) is 0.818. The topological polar surface area (TPSA) is 52.6 Å². The van der Waals surface area contributed by atoms with Gasteiger partial charge in [-0.25, -0.2) is 9.97 Å². The van der Waals surface area contributed by atoms with Gasteiger partial charge in [0.15, 0.2) is 0 Å². The Kier molecular flexibility index (Phi) is 5.46. The minimum Gasteiger partial charge on any atom is -0.356 e. The molecule has 0 aliphatic carbocycles. The number of piperazine rings is 1. The number of aromatic nitrogens is 2. The van der Waals surface area contributed by atoms with Gasteiger partial charge < -0.3 is 14.7 Å². The second kappa shape index (κ2) is 8.17. The standard InChI is InChI=1S/C22H29N5O/c1-3-18-6-8-19(9-7-18)22(28)27-14-12-26(13-15-27)21-16-20(23-17(2)24-21)25-10-4-5-11-25/h6-9,16H,3-5,10-15H2,1-2H3. The number of carbonyl (C=O) groups is 1. The first-order chi connectivity index (χ1) is 13.6.